The molecular formula is C12H26O2. The molecule has 0 aliphatic carbocycles. The van der Waals surface area contributed by atoms with Gasteiger partial charge in [0.2, 0.25) is 0 Å². The first-order valence-corrected chi connectivity index (χ1v) is 6.06. The third-order valence-corrected chi connectivity index (χ3v) is 2.59. The molecule has 0 spiro atoms. The predicted molar refractivity (Wildman–Crippen MR) is 60.3 cm³/mol. The number of aliphatic hydroxyl groups excluding tert-OH is 2. The summed E-state index contributed by atoms with van der Waals surface area (Å²) in [6, 6.07) is 0. The Bertz CT molecular complexity index is 115. The van der Waals surface area contributed by atoms with E-state index < -0.39 is 0 Å². The van der Waals surface area contributed by atoms with Crippen LogP contribution in [0.25, 0.3) is 0 Å². The van der Waals surface area contributed by atoms with Crippen molar-refractivity contribution in [1.29, 1.82) is 0 Å². The molecular weight excluding hydrogens is 176 g/mol. The zero-order valence-corrected chi connectivity index (χ0v) is 9.71. The fourth-order valence-electron chi connectivity index (χ4n) is 1.65. The molecule has 2 nitrogen and oxygen atoms in total. The van der Waals surface area contributed by atoms with Crippen molar-refractivity contribution >= 4 is 0 Å². The summed E-state index contributed by atoms with van der Waals surface area (Å²) in [7, 11) is 0. The summed E-state index contributed by atoms with van der Waals surface area (Å²) >= 11 is 0. The van der Waals surface area contributed by atoms with Crippen LogP contribution in [0.15, 0.2) is 0 Å². The molecule has 0 aromatic carbocycles. The van der Waals surface area contributed by atoms with Gasteiger partial charge in [0, 0.05) is 0 Å². The van der Waals surface area contributed by atoms with Crippen molar-refractivity contribution in [1.82, 2.24) is 0 Å². The lowest BCUT2D eigenvalue weighted by atomic mass is 10.0. The molecule has 0 heterocycles. The van der Waals surface area contributed by atoms with Crippen LogP contribution in [0, 0.1) is 0 Å². The zero-order valence-electron chi connectivity index (χ0n) is 9.71. The van der Waals surface area contributed by atoms with Crippen molar-refractivity contribution in [2.75, 3.05) is 0 Å². The third kappa shape index (κ3) is 8.52. The molecule has 0 radical (unpaired) electrons. The van der Waals surface area contributed by atoms with Gasteiger partial charge in [-0.1, -0.05) is 33.1 Å². The molecule has 0 saturated heterocycles. The van der Waals surface area contributed by atoms with E-state index in [1.807, 2.05) is 0 Å². The molecule has 2 unspecified atom stereocenters. The van der Waals surface area contributed by atoms with Gasteiger partial charge in [-0.25, -0.2) is 0 Å². The Morgan fingerprint density at radius 1 is 0.714 bits per heavy atom. The third-order valence-electron chi connectivity index (χ3n) is 2.59. The van der Waals surface area contributed by atoms with E-state index in [0.717, 1.165) is 51.4 Å². The average molecular weight is 202 g/mol. The average Bonchev–Trinajstić information content (AvgIpc) is 2.15. The molecule has 2 atom stereocenters. The Labute approximate surface area is 88.3 Å². The van der Waals surface area contributed by atoms with Gasteiger partial charge < -0.3 is 10.2 Å². The Morgan fingerprint density at radius 2 is 1.21 bits per heavy atom. The predicted octanol–water partition coefficient (Wildman–Crippen LogP) is 2.87. The highest BCUT2D eigenvalue weighted by Gasteiger charge is 2.06. The van der Waals surface area contributed by atoms with Gasteiger partial charge in [-0.15, -0.1) is 0 Å². The van der Waals surface area contributed by atoms with Crippen LogP contribution in [0.4, 0.5) is 0 Å². The zero-order chi connectivity index (χ0) is 10.8. The lowest BCUT2D eigenvalue weighted by Crippen LogP contribution is -2.10. The maximum absolute atomic E-state index is 9.54. The molecule has 0 saturated carbocycles. The van der Waals surface area contributed by atoms with Crippen LogP contribution >= 0.6 is 0 Å². The van der Waals surface area contributed by atoms with Crippen molar-refractivity contribution in [2.24, 2.45) is 0 Å². The molecule has 14 heavy (non-hydrogen) atoms. The Balaban J connectivity index is 3.25. The molecule has 86 valence electrons. The minimum Gasteiger partial charge on any atom is -0.393 e. The van der Waals surface area contributed by atoms with Crippen LogP contribution in [-0.4, -0.2) is 22.4 Å². The molecule has 0 aliphatic rings. The summed E-state index contributed by atoms with van der Waals surface area (Å²) in [5, 5.41) is 19.0. The van der Waals surface area contributed by atoms with Crippen LogP contribution in [0.3, 0.4) is 0 Å². The van der Waals surface area contributed by atoms with Crippen molar-refractivity contribution in [3.05, 3.63) is 0 Å². The second-order valence-corrected chi connectivity index (χ2v) is 4.17. The number of unbranched alkanes of at least 4 members (excludes halogenated alkanes) is 1. The highest BCUT2D eigenvalue weighted by atomic mass is 16.3. The maximum atomic E-state index is 9.54. The summed E-state index contributed by atoms with van der Waals surface area (Å²) in [6.45, 7) is 4.22. The lowest BCUT2D eigenvalue weighted by molar-refractivity contribution is 0.123. The van der Waals surface area contributed by atoms with E-state index in [9.17, 15) is 10.2 Å². The van der Waals surface area contributed by atoms with Gasteiger partial charge in [0.25, 0.3) is 0 Å². The number of rotatable bonds is 9. The van der Waals surface area contributed by atoms with Gasteiger partial charge in [0.15, 0.2) is 0 Å². The highest BCUT2D eigenvalue weighted by molar-refractivity contribution is 4.59. The van der Waals surface area contributed by atoms with Gasteiger partial charge in [-0.3, -0.25) is 0 Å². The minimum atomic E-state index is -0.154. The number of hydrogen-bond acceptors (Lipinski definition) is 2. The van der Waals surface area contributed by atoms with E-state index in [1.165, 1.54) is 0 Å². The summed E-state index contributed by atoms with van der Waals surface area (Å²) in [5.41, 5.74) is 0. The van der Waals surface area contributed by atoms with Gasteiger partial charge in [-0.05, 0) is 32.1 Å². The topological polar surface area (TPSA) is 40.5 Å². The standard InChI is InChI=1S/C12H26O2/c1-3-5-8-12(14)10-6-9-11(13)7-4-2/h11-14H,3-10H2,1-2H3. The first-order valence-electron chi connectivity index (χ1n) is 6.06. The largest absolute Gasteiger partial charge is 0.393 e. The molecule has 0 aromatic rings. The Hall–Kier alpha value is -0.0800. The van der Waals surface area contributed by atoms with E-state index >= 15 is 0 Å². The van der Waals surface area contributed by atoms with Gasteiger partial charge >= 0.3 is 0 Å². The molecule has 0 aliphatic heterocycles. The SMILES string of the molecule is CCCCC(O)CCCC(O)CCC. The first-order chi connectivity index (χ1) is 6.70. The summed E-state index contributed by atoms with van der Waals surface area (Å²) < 4.78 is 0. The summed E-state index contributed by atoms with van der Waals surface area (Å²) in [6.07, 6.45) is 7.45. The lowest BCUT2D eigenvalue weighted by Gasteiger charge is -2.12. The van der Waals surface area contributed by atoms with E-state index in [2.05, 4.69) is 13.8 Å². The highest BCUT2D eigenvalue weighted by Crippen LogP contribution is 2.11. The minimum absolute atomic E-state index is 0.149. The second-order valence-electron chi connectivity index (χ2n) is 4.17. The number of hydrogen-bond donors (Lipinski definition) is 2. The van der Waals surface area contributed by atoms with Gasteiger partial charge in [-0.2, -0.15) is 0 Å². The van der Waals surface area contributed by atoms with Gasteiger partial charge in [0.1, 0.15) is 0 Å². The fraction of sp³-hybridized carbons (Fsp3) is 1.00. The first kappa shape index (κ1) is 13.9. The normalized spacial score (nSPS) is 15.4. The van der Waals surface area contributed by atoms with Crippen molar-refractivity contribution in [2.45, 2.75) is 77.4 Å². The van der Waals surface area contributed by atoms with E-state index in [-0.39, 0.29) is 12.2 Å². The van der Waals surface area contributed by atoms with E-state index in [4.69, 9.17) is 0 Å². The molecule has 0 rings (SSSR count). The summed E-state index contributed by atoms with van der Waals surface area (Å²) in [4.78, 5) is 0. The molecule has 0 bridgehead atoms. The number of aliphatic hydroxyl groups is 2. The smallest absolute Gasteiger partial charge is 0.0540 e. The molecule has 0 aromatic heterocycles. The fourth-order valence-corrected chi connectivity index (χ4v) is 1.65. The summed E-state index contributed by atoms with van der Waals surface area (Å²) in [5.74, 6) is 0. The van der Waals surface area contributed by atoms with Crippen molar-refractivity contribution < 1.29 is 10.2 Å². The van der Waals surface area contributed by atoms with Crippen LogP contribution in [-0.2, 0) is 0 Å². The second kappa shape index (κ2) is 9.47. The van der Waals surface area contributed by atoms with Crippen molar-refractivity contribution in [3.63, 3.8) is 0 Å². The van der Waals surface area contributed by atoms with Crippen LogP contribution in [0.5, 0.6) is 0 Å². The van der Waals surface area contributed by atoms with E-state index in [1.54, 1.807) is 0 Å². The molecule has 0 fully saturated rings. The van der Waals surface area contributed by atoms with Crippen molar-refractivity contribution in [3.8, 4) is 0 Å². The van der Waals surface area contributed by atoms with Crippen LogP contribution in [0.2, 0.25) is 0 Å². The quantitative estimate of drug-likeness (QED) is 0.603. The Kier molecular flexibility index (Phi) is 9.42. The molecule has 2 N–H and O–H groups in total. The molecule has 2 heteroatoms. The Morgan fingerprint density at radius 3 is 1.71 bits per heavy atom. The monoisotopic (exact) mass is 202 g/mol. The van der Waals surface area contributed by atoms with Crippen LogP contribution < -0.4 is 0 Å². The van der Waals surface area contributed by atoms with Crippen LogP contribution in [0.1, 0.15) is 65.2 Å². The maximum Gasteiger partial charge on any atom is 0.0540 e. The van der Waals surface area contributed by atoms with E-state index in [0.29, 0.717) is 0 Å². The van der Waals surface area contributed by atoms with Gasteiger partial charge in [0.05, 0.1) is 12.2 Å². The molecule has 0 amide bonds.